The van der Waals surface area contributed by atoms with Gasteiger partial charge in [-0.3, -0.25) is 0 Å². The number of fused-ring (bicyclic) bond motifs is 5. The van der Waals surface area contributed by atoms with Crippen LogP contribution in [-0.2, 0) is 6.42 Å². The van der Waals surface area contributed by atoms with Gasteiger partial charge in [-0.25, -0.2) is 0 Å². The molecule has 22 heavy (non-hydrogen) atoms. The van der Waals surface area contributed by atoms with Gasteiger partial charge >= 0.3 is 0 Å². The zero-order valence-corrected chi connectivity index (χ0v) is 13.0. The van der Waals surface area contributed by atoms with Gasteiger partial charge in [-0.1, -0.05) is 13.0 Å². The fourth-order valence-electron chi connectivity index (χ4n) is 5.67. The van der Waals surface area contributed by atoms with Crippen molar-refractivity contribution in [2.75, 3.05) is 5.73 Å². The van der Waals surface area contributed by atoms with Crippen LogP contribution in [0.25, 0.3) is 0 Å². The number of nitrogen functional groups attached to an aromatic ring is 1. The van der Waals surface area contributed by atoms with Gasteiger partial charge in [-0.05, 0) is 72.5 Å². The van der Waals surface area contributed by atoms with Crippen LogP contribution in [0.2, 0.25) is 0 Å². The highest BCUT2D eigenvalue weighted by atomic mass is 16.3. The fraction of sp³-hybridized carbons (Fsp3) is 0.667. The summed E-state index contributed by atoms with van der Waals surface area (Å²) >= 11 is 0. The lowest BCUT2D eigenvalue weighted by Crippen LogP contribution is -2.44. The second kappa shape index (κ2) is 4.62. The van der Waals surface area contributed by atoms with Crippen LogP contribution in [0, 0.1) is 17.3 Å². The summed E-state index contributed by atoms with van der Waals surface area (Å²) in [5.41, 5.74) is 8.85. The number of aliphatic hydroxyl groups excluding tert-OH is 2. The number of phenolic OH excluding ortho intramolecular Hbond substituents is 1. The Labute approximate surface area is 131 Å². The number of hydrogen-bond acceptors (Lipinski definition) is 4. The first-order valence-electron chi connectivity index (χ1n) is 8.40. The summed E-state index contributed by atoms with van der Waals surface area (Å²) in [5.74, 6) is 1.51. The lowest BCUT2D eigenvalue weighted by atomic mass is 9.55. The van der Waals surface area contributed by atoms with E-state index in [9.17, 15) is 15.3 Å². The normalized spacial score (nSPS) is 43.3. The molecule has 0 aromatic heterocycles. The Morgan fingerprint density at radius 3 is 2.77 bits per heavy atom. The van der Waals surface area contributed by atoms with Gasteiger partial charge in [-0.15, -0.1) is 0 Å². The van der Waals surface area contributed by atoms with Gasteiger partial charge in [-0.2, -0.15) is 0 Å². The zero-order valence-electron chi connectivity index (χ0n) is 13.0. The highest BCUT2D eigenvalue weighted by Crippen LogP contribution is 2.61. The highest BCUT2D eigenvalue weighted by Gasteiger charge is 2.57. The Morgan fingerprint density at radius 2 is 2.00 bits per heavy atom. The summed E-state index contributed by atoms with van der Waals surface area (Å²) in [6.07, 6.45) is 3.42. The van der Waals surface area contributed by atoms with Gasteiger partial charge in [0, 0.05) is 0 Å². The number of aromatic hydroxyl groups is 1. The molecule has 0 unspecified atom stereocenters. The zero-order chi connectivity index (χ0) is 15.6. The summed E-state index contributed by atoms with van der Waals surface area (Å²) < 4.78 is 0. The highest BCUT2D eigenvalue weighted by molar-refractivity contribution is 5.62. The first kappa shape index (κ1) is 14.3. The van der Waals surface area contributed by atoms with Crippen LogP contribution in [0.3, 0.4) is 0 Å². The Morgan fingerprint density at radius 1 is 1.23 bits per heavy atom. The fourth-order valence-corrected chi connectivity index (χ4v) is 5.67. The lowest BCUT2D eigenvalue weighted by Gasteiger charge is -2.50. The lowest BCUT2D eigenvalue weighted by molar-refractivity contribution is -0.0505. The van der Waals surface area contributed by atoms with Crippen LogP contribution in [0.5, 0.6) is 5.75 Å². The van der Waals surface area contributed by atoms with Gasteiger partial charge < -0.3 is 21.1 Å². The molecule has 0 heterocycles. The summed E-state index contributed by atoms with van der Waals surface area (Å²) in [4.78, 5) is 0. The Kier molecular flexibility index (Phi) is 3.01. The van der Waals surface area contributed by atoms with Crippen LogP contribution in [0.1, 0.15) is 49.7 Å². The molecule has 2 fully saturated rings. The van der Waals surface area contributed by atoms with E-state index in [0.717, 1.165) is 31.2 Å². The second-order valence-electron chi connectivity index (χ2n) is 7.77. The molecule has 2 saturated carbocycles. The predicted molar refractivity (Wildman–Crippen MR) is 84.5 cm³/mol. The molecule has 3 aliphatic carbocycles. The smallest absolute Gasteiger partial charge is 0.138 e. The van der Waals surface area contributed by atoms with Gasteiger partial charge in [0.25, 0.3) is 0 Å². The van der Waals surface area contributed by atoms with Crippen LogP contribution in [0.15, 0.2) is 12.1 Å². The third-order valence-electron chi connectivity index (χ3n) is 6.91. The SMILES string of the molecule is C[C@]12CC[C@@H]3c4ccc(O)c(N)c4CC[C@H]3[C@@H]1C[C@@H](O)[C@@H]2O. The summed E-state index contributed by atoms with van der Waals surface area (Å²) in [5, 5.41) is 30.4. The van der Waals surface area contributed by atoms with E-state index in [1.165, 1.54) is 5.56 Å². The minimum Gasteiger partial charge on any atom is -0.506 e. The van der Waals surface area contributed by atoms with Crippen LogP contribution >= 0.6 is 0 Å². The molecule has 1 aromatic carbocycles. The summed E-state index contributed by atoms with van der Waals surface area (Å²) in [6, 6.07) is 3.74. The number of hydrogen-bond donors (Lipinski definition) is 4. The standard InChI is InChI=1S/C18H25NO3/c1-18-7-6-10-9-4-5-14(20)16(19)12(9)3-2-11(10)13(18)8-15(21)17(18)22/h4-5,10-11,13,15,17,20-22H,2-3,6-8,19H2,1H3/t10-,11-,13+,15-,17+,18+/m1/s1. The summed E-state index contributed by atoms with van der Waals surface area (Å²) in [7, 11) is 0. The van der Waals surface area contributed by atoms with Crippen molar-refractivity contribution in [2.45, 2.75) is 57.2 Å². The molecular formula is C18H25NO3. The maximum atomic E-state index is 10.4. The van der Waals surface area contributed by atoms with Crippen LogP contribution in [0.4, 0.5) is 5.69 Å². The third-order valence-corrected chi connectivity index (χ3v) is 6.91. The van der Waals surface area contributed by atoms with E-state index >= 15 is 0 Å². The Balaban J connectivity index is 1.73. The first-order valence-corrected chi connectivity index (χ1v) is 8.40. The van der Waals surface area contributed by atoms with E-state index in [-0.39, 0.29) is 11.2 Å². The topological polar surface area (TPSA) is 86.7 Å². The number of aliphatic hydroxyl groups is 2. The number of nitrogens with two attached hydrogens (primary N) is 1. The van der Waals surface area contributed by atoms with E-state index in [2.05, 4.69) is 6.92 Å². The molecule has 4 nitrogen and oxygen atoms in total. The maximum Gasteiger partial charge on any atom is 0.138 e. The average molecular weight is 303 g/mol. The summed E-state index contributed by atoms with van der Waals surface area (Å²) in [6.45, 7) is 2.15. The molecule has 3 aliphatic rings. The molecule has 0 bridgehead atoms. The van der Waals surface area contributed by atoms with Crippen LogP contribution in [-0.4, -0.2) is 27.5 Å². The Hall–Kier alpha value is -1.26. The molecular weight excluding hydrogens is 278 g/mol. The monoisotopic (exact) mass is 303 g/mol. The van der Waals surface area contributed by atoms with Gasteiger partial charge in [0.15, 0.2) is 0 Å². The number of phenols is 1. The second-order valence-corrected chi connectivity index (χ2v) is 7.77. The minimum atomic E-state index is -0.593. The van der Waals surface area contributed by atoms with E-state index in [1.54, 1.807) is 6.07 Å². The molecule has 5 N–H and O–H groups in total. The molecule has 0 amide bonds. The van der Waals surface area contributed by atoms with Crippen molar-refractivity contribution in [1.82, 2.24) is 0 Å². The average Bonchev–Trinajstić information content (AvgIpc) is 2.74. The number of rotatable bonds is 0. The molecule has 0 saturated heterocycles. The van der Waals surface area contributed by atoms with E-state index in [1.807, 2.05) is 6.07 Å². The molecule has 4 heteroatoms. The van der Waals surface area contributed by atoms with Gasteiger partial charge in [0.1, 0.15) is 5.75 Å². The van der Waals surface area contributed by atoms with Crippen LogP contribution < -0.4 is 5.73 Å². The largest absolute Gasteiger partial charge is 0.506 e. The van der Waals surface area contributed by atoms with E-state index in [0.29, 0.717) is 29.9 Å². The van der Waals surface area contributed by atoms with E-state index < -0.39 is 12.2 Å². The molecule has 1 aromatic rings. The van der Waals surface area contributed by atoms with Crippen molar-refractivity contribution in [2.24, 2.45) is 17.3 Å². The first-order chi connectivity index (χ1) is 10.4. The molecule has 120 valence electrons. The molecule has 4 rings (SSSR count). The quantitative estimate of drug-likeness (QED) is 0.437. The van der Waals surface area contributed by atoms with Crippen molar-refractivity contribution in [3.63, 3.8) is 0 Å². The molecule has 0 spiro atoms. The van der Waals surface area contributed by atoms with Crippen molar-refractivity contribution in [3.05, 3.63) is 23.3 Å². The molecule has 0 aliphatic heterocycles. The molecule has 6 atom stereocenters. The minimum absolute atomic E-state index is 0.152. The number of benzene rings is 1. The predicted octanol–water partition coefficient (Wildman–Crippen LogP) is 2.16. The van der Waals surface area contributed by atoms with Gasteiger partial charge in [0.2, 0.25) is 0 Å². The van der Waals surface area contributed by atoms with Crippen molar-refractivity contribution >= 4 is 5.69 Å². The van der Waals surface area contributed by atoms with Crippen molar-refractivity contribution < 1.29 is 15.3 Å². The Bertz CT molecular complexity index is 617. The maximum absolute atomic E-state index is 10.4. The number of anilines is 1. The third kappa shape index (κ3) is 1.71. The van der Waals surface area contributed by atoms with Crippen molar-refractivity contribution in [3.8, 4) is 5.75 Å². The molecule has 0 radical (unpaired) electrons. The van der Waals surface area contributed by atoms with E-state index in [4.69, 9.17) is 5.73 Å². The van der Waals surface area contributed by atoms with Gasteiger partial charge in [0.05, 0.1) is 17.9 Å². The van der Waals surface area contributed by atoms with Crippen molar-refractivity contribution in [1.29, 1.82) is 0 Å².